The lowest BCUT2D eigenvalue weighted by atomic mass is 10.1. The van der Waals surface area contributed by atoms with E-state index in [1.807, 2.05) is 7.05 Å². The van der Waals surface area contributed by atoms with Crippen LogP contribution in [0.5, 0.6) is 0 Å². The average Bonchev–Trinajstić information content (AvgIpc) is 2.70. The molecule has 0 heterocycles. The van der Waals surface area contributed by atoms with Gasteiger partial charge in [-0.2, -0.15) is 0 Å². The second kappa shape index (κ2) is 24.7. The van der Waals surface area contributed by atoms with Gasteiger partial charge in [0.1, 0.15) is 0 Å². The van der Waals surface area contributed by atoms with Crippen molar-refractivity contribution in [3.05, 3.63) is 13.2 Å². The summed E-state index contributed by atoms with van der Waals surface area (Å²) in [7, 11) is 2.00. The van der Waals surface area contributed by atoms with E-state index in [-0.39, 0.29) is 5.91 Å². The fourth-order valence-electron chi connectivity index (χ4n) is 2.92. The molecule has 3 nitrogen and oxygen atoms in total. The van der Waals surface area contributed by atoms with Crippen molar-refractivity contribution in [2.75, 3.05) is 13.6 Å². The molecule has 27 heavy (non-hydrogen) atoms. The van der Waals surface area contributed by atoms with Crippen LogP contribution in [0.2, 0.25) is 0 Å². The van der Waals surface area contributed by atoms with Crippen LogP contribution in [-0.2, 0) is 4.79 Å². The number of nitrogens with one attached hydrogen (secondary N) is 2. The molecule has 0 saturated carbocycles. The zero-order valence-electron chi connectivity index (χ0n) is 18.5. The SMILES string of the molecule is C=C.CCCCCCCCCCC#CCCC(=O)NCCCC(CC)NC. The Bertz CT molecular complexity index is 366. The van der Waals surface area contributed by atoms with E-state index in [4.69, 9.17) is 0 Å². The normalized spacial score (nSPS) is 10.9. The summed E-state index contributed by atoms with van der Waals surface area (Å²) in [5, 5.41) is 6.28. The molecular weight excluding hydrogens is 332 g/mol. The minimum atomic E-state index is 0.138. The first-order valence-corrected chi connectivity index (χ1v) is 11.1. The molecule has 0 aromatic rings. The fraction of sp³-hybridized carbons (Fsp3) is 0.792. The third kappa shape index (κ3) is 22.7. The quantitative estimate of drug-likeness (QED) is 0.196. The van der Waals surface area contributed by atoms with Crippen molar-refractivity contribution in [2.24, 2.45) is 0 Å². The summed E-state index contributed by atoms with van der Waals surface area (Å²) in [6, 6.07) is 0.569. The highest BCUT2D eigenvalue weighted by molar-refractivity contribution is 5.76. The van der Waals surface area contributed by atoms with E-state index in [0.717, 1.165) is 32.2 Å². The van der Waals surface area contributed by atoms with Gasteiger partial charge in [-0.25, -0.2) is 0 Å². The molecule has 0 radical (unpaired) electrons. The summed E-state index contributed by atoms with van der Waals surface area (Å²) in [4.78, 5) is 11.7. The topological polar surface area (TPSA) is 41.1 Å². The number of amides is 1. The van der Waals surface area contributed by atoms with Crippen LogP contribution in [0.3, 0.4) is 0 Å². The first-order chi connectivity index (χ1) is 13.2. The molecule has 0 spiro atoms. The van der Waals surface area contributed by atoms with Gasteiger partial charge in [0, 0.05) is 31.8 Å². The van der Waals surface area contributed by atoms with Crippen molar-refractivity contribution in [1.29, 1.82) is 0 Å². The summed E-state index contributed by atoms with van der Waals surface area (Å²) in [5.41, 5.74) is 0. The van der Waals surface area contributed by atoms with E-state index in [2.05, 4.69) is 49.5 Å². The number of hydrogen-bond donors (Lipinski definition) is 2. The van der Waals surface area contributed by atoms with Gasteiger partial charge in [0.05, 0.1) is 0 Å². The Labute approximate surface area is 170 Å². The largest absolute Gasteiger partial charge is 0.356 e. The standard InChI is InChI=1S/C22H42N2O.C2H4/c1-4-6-7-8-9-10-11-12-13-14-15-16-19-22(25)24-20-17-18-21(5-2)23-3;1-2/h21,23H,4-13,16-20H2,1-3H3,(H,24,25);1-2H2. The highest BCUT2D eigenvalue weighted by atomic mass is 16.1. The number of unbranched alkanes of at least 4 members (excludes halogenated alkanes) is 8. The Morgan fingerprint density at radius 2 is 1.48 bits per heavy atom. The van der Waals surface area contributed by atoms with Crippen molar-refractivity contribution in [3.8, 4) is 11.8 Å². The molecule has 2 N–H and O–H groups in total. The van der Waals surface area contributed by atoms with Crippen LogP contribution in [0, 0.1) is 11.8 Å². The minimum Gasteiger partial charge on any atom is -0.356 e. The molecular formula is C24H46N2O. The molecule has 1 atom stereocenters. The van der Waals surface area contributed by atoms with E-state index in [1.54, 1.807) is 0 Å². The van der Waals surface area contributed by atoms with Crippen LogP contribution < -0.4 is 10.6 Å². The molecule has 0 bridgehead atoms. The van der Waals surface area contributed by atoms with Gasteiger partial charge in [-0.05, 0) is 32.7 Å². The number of carbonyl (C=O) groups excluding carboxylic acids is 1. The maximum absolute atomic E-state index is 11.7. The van der Waals surface area contributed by atoms with E-state index in [9.17, 15) is 4.79 Å². The monoisotopic (exact) mass is 378 g/mol. The molecule has 0 aliphatic heterocycles. The maximum Gasteiger partial charge on any atom is 0.220 e. The molecule has 0 aliphatic carbocycles. The van der Waals surface area contributed by atoms with E-state index in [1.165, 1.54) is 51.4 Å². The number of carbonyl (C=O) groups is 1. The maximum atomic E-state index is 11.7. The number of hydrogen-bond acceptors (Lipinski definition) is 2. The molecule has 1 amide bonds. The second-order valence-corrected chi connectivity index (χ2v) is 6.96. The van der Waals surface area contributed by atoms with Crippen molar-refractivity contribution < 1.29 is 4.79 Å². The van der Waals surface area contributed by atoms with Gasteiger partial charge in [0.2, 0.25) is 5.91 Å². The van der Waals surface area contributed by atoms with E-state index in [0.29, 0.717) is 18.9 Å². The predicted octanol–water partition coefficient (Wildman–Crippen LogP) is 6.00. The van der Waals surface area contributed by atoms with Crippen LogP contribution in [0.15, 0.2) is 13.2 Å². The Kier molecular flexibility index (Phi) is 25.6. The van der Waals surface area contributed by atoms with Gasteiger partial charge < -0.3 is 10.6 Å². The lowest BCUT2D eigenvalue weighted by Crippen LogP contribution is -2.28. The molecule has 0 aliphatic rings. The molecule has 3 heteroatoms. The molecule has 1 unspecified atom stereocenters. The highest BCUT2D eigenvalue weighted by Gasteiger charge is 2.03. The van der Waals surface area contributed by atoms with Crippen LogP contribution in [0.4, 0.5) is 0 Å². The minimum absolute atomic E-state index is 0.138. The molecule has 0 saturated heterocycles. The summed E-state index contributed by atoms with van der Waals surface area (Å²) < 4.78 is 0. The zero-order valence-corrected chi connectivity index (χ0v) is 18.5. The lowest BCUT2D eigenvalue weighted by Gasteiger charge is -2.13. The smallest absolute Gasteiger partial charge is 0.220 e. The van der Waals surface area contributed by atoms with Crippen molar-refractivity contribution in [2.45, 2.75) is 110 Å². The van der Waals surface area contributed by atoms with Gasteiger partial charge in [-0.1, -0.05) is 58.8 Å². The summed E-state index contributed by atoms with van der Waals surface area (Å²) in [6.07, 6.45) is 16.2. The summed E-state index contributed by atoms with van der Waals surface area (Å²) >= 11 is 0. The Hall–Kier alpha value is -1.27. The first-order valence-electron chi connectivity index (χ1n) is 11.1. The van der Waals surface area contributed by atoms with Gasteiger partial charge in [0.25, 0.3) is 0 Å². The molecule has 0 fully saturated rings. The Morgan fingerprint density at radius 1 is 0.889 bits per heavy atom. The van der Waals surface area contributed by atoms with Crippen molar-refractivity contribution in [1.82, 2.24) is 10.6 Å². The van der Waals surface area contributed by atoms with Crippen LogP contribution in [-0.4, -0.2) is 25.5 Å². The predicted molar refractivity (Wildman–Crippen MR) is 121 cm³/mol. The zero-order chi connectivity index (χ0) is 20.6. The second-order valence-electron chi connectivity index (χ2n) is 6.96. The highest BCUT2D eigenvalue weighted by Crippen LogP contribution is 2.09. The van der Waals surface area contributed by atoms with E-state index >= 15 is 0 Å². The van der Waals surface area contributed by atoms with Gasteiger partial charge in [-0.15, -0.1) is 25.0 Å². The van der Waals surface area contributed by atoms with Gasteiger partial charge in [-0.3, -0.25) is 4.79 Å². The number of rotatable bonds is 16. The van der Waals surface area contributed by atoms with Gasteiger partial charge in [0.15, 0.2) is 0 Å². The van der Waals surface area contributed by atoms with E-state index < -0.39 is 0 Å². The average molecular weight is 379 g/mol. The third-order valence-electron chi connectivity index (χ3n) is 4.71. The van der Waals surface area contributed by atoms with Crippen molar-refractivity contribution >= 4 is 5.91 Å². The van der Waals surface area contributed by atoms with Crippen molar-refractivity contribution in [3.63, 3.8) is 0 Å². The first kappa shape index (κ1) is 27.9. The molecule has 158 valence electrons. The lowest BCUT2D eigenvalue weighted by molar-refractivity contribution is -0.120. The molecule has 0 rings (SSSR count). The van der Waals surface area contributed by atoms with Gasteiger partial charge >= 0.3 is 0 Å². The van der Waals surface area contributed by atoms with Crippen LogP contribution in [0.25, 0.3) is 0 Å². The third-order valence-corrected chi connectivity index (χ3v) is 4.71. The van der Waals surface area contributed by atoms with Crippen LogP contribution >= 0.6 is 0 Å². The fourth-order valence-corrected chi connectivity index (χ4v) is 2.92. The summed E-state index contributed by atoms with van der Waals surface area (Å²) in [6.45, 7) is 11.2. The Balaban J connectivity index is 0. The summed E-state index contributed by atoms with van der Waals surface area (Å²) in [5.74, 6) is 6.49. The van der Waals surface area contributed by atoms with Crippen LogP contribution in [0.1, 0.15) is 104 Å². The molecule has 0 aromatic carbocycles. The molecule has 0 aromatic heterocycles. The Morgan fingerprint density at radius 3 is 2.07 bits per heavy atom.